The lowest BCUT2D eigenvalue weighted by molar-refractivity contribution is -0.164. The number of amides is 2. The van der Waals surface area contributed by atoms with E-state index in [1.54, 1.807) is 11.8 Å². The molecule has 2 amide bonds. The van der Waals surface area contributed by atoms with Gasteiger partial charge in [0.05, 0.1) is 5.92 Å². The average molecular weight is 306 g/mol. The Hall–Kier alpha value is -1.53. The van der Waals surface area contributed by atoms with E-state index in [4.69, 9.17) is 0 Å². The first-order valence-corrected chi connectivity index (χ1v) is 7.02. The normalized spacial score (nSPS) is 19.2. The fourth-order valence-corrected chi connectivity index (χ4v) is 2.49. The third-order valence-corrected chi connectivity index (χ3v) is 3.46. The maximum Gasteiger partial charge on any atom is 0.406 e. The van der Waals surface area contributed by atoms with Crippen LogP contribution in [0.5, 0.6) is 0 Å². The quantitative estimate of drug-likeness (QED) is 0.731. The molecule has 21 heavy (non-hydrogen) atoms. The molecule has 0 aliphatic carbocycles. The van der Waals surface area contributed by atoms with E-state index in [1.165, 1.54) is 6.08 Å². The second-order valence-electron chi connectivity index (χ2n) is 5.16. The van der Waals surface area contributed by atoms with Gasteiger partial charge in [-0.2, -0.15) is 13.2 Å². The van der Waals surface area contributed by atoms with E-state index in [-0.39, 0.29) is 19.0 Å². The smallest absolute Gasteiger partial charge is 0.342 e. The molecule has 1 unspecified atom stereocenters. The van der Waals surface area contributed by atoms with Gasteiger partial charge in [0.25, 0.3) is 0 Å². The maximum absolute atomic E-state index is 12.5. The predicted molar refractivity (Wildman–Crippen MR) is 72.4 cm³/mol. The fourth-order valence-electron chi connectivity index (χ4n) is 2.49. The van der Waals surface area contributed by atoms with Gasteiger partial charge in [-0.3, -0.25) is 9.59 Å². The summed E-state index contributed by atoms with van der Waals surface area (Å²) in [6.45, 7) is 4.46. The van der Waals surface area contributed by atoms with E-state index in [9.17, 15) is 22.8 Å². The molecule has 7 heteroatoms. The van der Waals surface area contributed by atoms with E-state index in [0.717, 1.165) is 4.90 Å². The molecular formula is C14H21F3N2O2. The van der Waals surface area contributed by atoms with Crippen LogP contribution in [-0.4, -0.2) is 54.0 Å². The molecule has 0 radical (unpaired) electrons. The van der Waals surface area contributed by atoms with Crippen LogP contribution in [0.3, 0.4) is 0 Å². The summed E-state index contributed by atoms with van der Waals surface area (Å²) in [5, 5.41) is 0. The Morgan fingerprint density at radius 3 is 2.62 bits per heavy atom. The third kappa shape index (κ3) is 5.40. The van der Waals surface area contributed by atoms with Gasteiger partial charge in [-0.15, -0.1) is 6.58 Å². The maximum atomic E-state index is 12.5. The molecular weight excluding hydrogens is 285 g/mol. The second-order valence-corrected chi connectivity index (χ2v) is 5.16. The van der Waals surface area contributed by atoms with Gasteiger partial charge in [0, 0.05) is 26.1 Å². The van der Waals surface area contributed by atoms with Crippen molar-refractivity contribution < 1.29 is 22.8 Å². The van der Waals surface area contributed by atoms with Crippen LogP contribution in [0.15, 0.2) is 12.7 Å². The fraction of sp³-hybridized carbons (Fsp3) is 0.714. The molecule has 1 atom stereocenters. The molecule has 1 rings (SSSR count). The summed E-state index contributed by atoms with van der Waals surface area (Å²) < 4.78 is 37.6. The van der Waals surface area contributed by atoms with Crippen LogP contribution in [0.1, 0.15) is 26.2 Å². The first kappa shape index (κ1) is 17.5. The molecule has 0 N–H and O–H groups in total. The predicted octanol–water partition coefficient (Wildman–Crippen LogP) is 2.21. The number of likely N-dealkylation sites (tertiary alicyclic amines) is 1. The number of piperidine rings is 1. The van der Waals surface area contributed by atoms with Gasteiger partial charge in [0.1, 0.15) is 6.54 Å². The van der Waals surface area contributed by atoms with Crippen molar-refractivity contribution in [2.24, 2.45) is 5.92 Å². The third-order valence-electron chi connectivity index (χ3n) is 3.46. The number of halogens is 3. The zero-order valence-corrected chi connectivity index (χ0v) is 12.2. The summed E-state index contributed by atoms with van der Waals surface area (Å²) in [6, 6.07) is 0. The average Bonchev–Trinajstić information content (AvgIpc) is 2.44. The van der Waals surface area contributed by atoms with Gasteiger partial charge in [-0.1, -0.05) is 13.0 Å². The molecule has 1 aliphatic rings. The molecule has 1 heterocycles. The second kappa shape index (κ2) is 7.47. The highest BCUT2D eigenvalue weighted by atomic mass is 19.4. The standard InChI is InChI=1S/C14H21F3N2O2/c1-3-7-19(10-14(15,16)17)13(21)11-6-5-8-18(9-11)12(20)4-2/h3,11H,1,4-10H2,2H3. The number of alkyl halides is 3. The Balaban J connectivity index is 2.73. The Kier molecular flexibility index (Phi) is 6.23. The molecule has 0 aromatic heterocycles. The minimum absolute atomic E-state index is 0.0707. The van der Waals surface area contributed by atoms with E-state index >= 15 is 0 Å². The zero-order chi connectivity index (χ0) is 16.0. The summed E-state index contributed by atoms with van der Waals surface area (Å²) in [7, 11) is 0. The number of rotatable bonds is 5. The van der Waals surface area contributed by atoms with Crippen LogP contribution in [0, 0.1) is 5.92 Å². The molecule has 0 aromatic rings. The van der Waals surface area contributed by atoms with Crippen LogP contribution in [0.2, 0.25) is 0 Å². The van der Waals surface area contributed by atoms with Crippen molar-refractivity contribution in [1.82, 2.24) is 9.80 Å². The van der Waals surface area contributed by atoms with E-state index in [2.05, 4.69) is 6.58 Å². The zero-order valence-electron chi connectivity index (χ0n) is 12.2. The molecule has 1 aliphatic heterocycles. The largest absolute Gasteiger partial charge is 0.406 e. The van der Waals surface area contributed by atoms with E-state index in [0.29, 0.717) is 25.8 Å². The van der Waals surface area contributed by atoms with Crippen LogP contribution in [0.25, 0.3) is 0 Å². The molecule has 120 valence electrons. The van der Waals surface area contributed by atoms with Crippen molar-refractivity contribution in [3.8, 4) is 0 Å². The number of nitrogens with zero attached hydrogens (tertiary/aromatic N) is 2. The minimum atomic E-state index is -4.44. The molecule has 4 nitrogen and oxygen atoms in total. The van der Waals surface area contributed by atoms with Crippen molar-refractivity contribution >= 4 is 11.8 Å². The van der Waals surface area contributed by atoms with E-state index < -0.39 is 24.5 Å². The Morgan fingerprint density at radius 2 is 2.10 bits per heavy atom. The molecule has 0 bridgehead atoms. The van der Waals surface area contributed by atoms with Gasteiger partial charge < -0.3 is 9.80 Å². The van der Waals surface area contributed by atoms with E-state index in [1.807, 2.05) is 0 Å². The van der Waals surface area contributed by atoms with Crippen molar-refractivity contribution in [3.05, 3.63) is 12.7 Å². The first-order valence-electron chi connectivity index (χ1n) is 7.02. The van der Waals surface area contributed by atoms with Gasteiger partial charge in [-0.25, -0.2) is 0 Å². The van der Waals surface area contributed by atoms with Gasteiger partial charge >= 0.3 is 6.18 Å². The molecule has 0 aromatic carbocycles. The van der Waals surface area contributed by atoms with Crippen molar-refractivity contribution in [1.29, 1.82) is 0 Å². The lowest BCUT2D eigenvalue weighted by Gasteiger charge is -2.35. The van der Waals surface area contributed by atoms with Crippen LogP contribution < -0.4 is 0 Å². The van der Waals surface area contributed by atoms with Crippen LogP contribution in [-0.2, 0) is 9.59 Å². The minimum Gasteiger partial charge on any atom is -0.342 e. The van der Waals surface area contributed by atoms with Crippen molar-refractivity contribution in [3.63, 3.8) is 0 Å². The highest BCUT2D eigenvalue weighted by molar-refractivity contribution is 5.81. The number of carbonyl (C=O) groups is 2. The van der Waals surface area contributed by atoms with Crippen LogP contribution in [0.4, 0.5) is 13.2 Å². The summed E-state index contributed by atoms with van der Waals surface area (Å²) in [4.78, 5) is 26.2. The number of hydrogen-bond acceptors (Lipinski definition) is 2. The summed E-state index contributed by atoms with van der Waals surface area (Å²) in [5.74, 6) is -1.18. The highest BCUT2D eigenvalue weighted by Crippen LogP contribution is 2.22. The summed E-state index contributed by atoms with van der Waals surface area (Å²) in [5.41, 5.74) is 0. The Bertz CT molecular complexity index is 396. The lowest BCUT2D eigenvalue weighted by Crippen LogP contribution is -2.48. The highest BCUT2D eigenvalue weighted by Gasteiger charge is 2.36. The molecule has 0 spiro atoms. The summed E-state index contributed by atoms with van der Waals surface area (Å²) in [6.07, 6.45) is -1.68. The van der Waals surface area contributed by atoms with Gasteiger partial charge in [0.2, 0.25) is 11.8 Å². The van der Waals surface area contributed by atoms with Gasteiger partial charge in [0.15, 0.2) is 0 Å². The van der Waals surface area contributed by atoms with Crippen molar-refractivity contribution in [2.75, 3.05) is 26.2 Å². The number of carbonyl (C=O) groups excluding carboxylic acids is 2. The summed E-state index contributed by atoms with van der Waals surface area (Å²) >= 11 is 0. The van der Waals surface area contributed by atoms with Crippen molar-refractivity contribution in [2.45, 2.75) is 32.4 Å². The molecule has 0 saturated carbocycles. The first-order chi connectivity index (χ1) is 9.78. The monoisotopic (exact) mass is 306 g/mol. The van der Waals surface area contributed by atoms with Gasteiger partial charge in [-0.05, 0) is 12.8 Å². The Morgan fingerprint density at radius 1 is 1.43 bits per heavy atom. The number of hydrogen-bond donors (Lipinski definition) is 0. The topological polar surface area (TPSA) is 40.6 Å². The molecule has 1 fully saturated rings. The Labute approximate surface area is 122 Å². The SMILES string of the molecule is C=CCN(CC(F)(F)F)C(=O)C1CCCN(C(=O)CC)C1. The molecule has 1 saturated heterocycles. The lowest BCUT2D eigenvalue weighted by atomic mass is 9.96. The van der Waals surface area contributed by atoms with Crippen LogP contribution >= 0.6 is 0 Å².